The lowest BCUT2D eigenvalue weighted by Crippen LogP contribution is -2.09. The second-order valence-electron chi connectivity index (χ2n) is 3.84. The summed E-state index contributed by atoms with van der Waals surface area (Å²) in [6.07, 6.45) is 1.67. The SMILES string of the molecule is COc1ccnc(NC(C)c2ccc(Br)cc2)n1. The number of anilines is 1. The van der Waals surface area contributed by atoms with Gasteiger partial charge in [0.2, 0.25) is 11.8 Å². The normalized spacial score (nSPS) is 11.9. The van der Waals surface area contributed by atoms with Crippen molar-refractivity contribution in [3.05, 3.63) is 46.6 Å². The summed E-state index contributed by atoms with van der Waals surface area (Å²) in [6, 6.07) is 9.99. The second-order valence-corrected chi connectivity index (χ2v) is 4.76. The van der Waals surface area contributed by atoms with E-state index in [1.54, 1.807) is 19.4 Å². The number of nitrogens with zero attached hydrogens (tertiary/aromatic N) is 2. The number of hydrogen-bond donors (Lipinski definition) is 1. The molecule has 1 aromatic carbocycles. The number of halogens is 1. The van der Waals surface area contributed by atoms with E-state index in [0.29, 0.717) is 11.8 Å². The molecule has 1 aromatic heterocycles. The summed E-state index contributed by atoms with van der Waals surface area (Å²) >= 11 is 3.42. The van der Waals surface area contributed by atoms with Crippen molar-refractivity contribution in [3.63, 3.8) is 0 Å². The zero-order chi connectivity index (χ0) is 13.0. The number of benzene rings is 1. The molecule has 0 bridgehead atoms. The highest BCUT2D eigenvalue weighted by molar-refractivity contribution is 9.10. The second kappa shape index (κ2) is 5.82. The average Bonchev–Trinajstić information content (AvgIpc) is 2.39. The fourth-order valence-corrected chi connectivity index (χ4v) is 1.82. The minimum atomic E-state index is 0.130. The van der Waals surface area contributed by atoms with Crippen molar-refractivity contribution in [2.45, 2.75) is 13.0 Å². The lowest BCUT2D eigenvalue weighted by Gasteiger charge is -2.14. The van der Waals surface area contributed by atoms with Crippen LogP contribution in [-0.4, -0.2) is 17.1 Å². The molecule has 94 valence electrons. The summed E-state index contributed by atoms with van der Waals surface area (Å²) in [6.45, 7) is 2.06. The van der Waals surface area contributed by atoms with Crippen LogP contribution in [0.5, 0.6) is 5.88 Å². The van der Waals surface area contributed by atoms with Gasteiger partial charge in [0.1, 0.15) is 0 Å². The molecule has 2 rings (SSSR count). The molecule has 1 atom stereocenters. The molecule has 0 saturated carbocycles. The smallest absolute Gasteiger partial charge is 0.226 e. The van der Waals surface area contributed by atoms with E-state index in [1.807, 2.05) is 12.1 Å². The fraction of sp³-hybridized carbons (Fsp3) is 0.231. The minimum Gasteiger partial charge on any atom is -0.481 e. The Morgan fingerprint density at radius 3 is 2.61 bits per heavy atom. The first kappa shape index (κ1) is 12.8. The largest absolute Gasteiger partial charge is 0.481 e. The number of nitrogens with one attached hydrogen (secondary N) is 1. The fourth-order valence-electron chi connectivity index (χ4n) is 1.55. The summed E-state index contributed by atoms with van der Waals surface area (Å²) in [5.74, 6) is 1.11. The highest BCUT2D eigenvalue weighted by atomic mass is 79.9. The van der Waals surface area contributed by atoms with E-state index in [0.717, 1.165) is 4.47 Å². The van der Waals surface area contributed by atoms with Gasteiger partial charge in [-0.15, -0.1) is 0 Å². The van der Waals surface area contributed by atoms with Crippen LogP contribution in [-0.2, 0) is 0 Å². The van der Waals surface area contributed by atoms with Gasteiger partial charge >= 0.3 is 0 Å². The molecule has 0 spiro atoms. The Hall–Kier alpha value is -1.62. The molecule has 2 aromatic rings. The number of methoxy groups -OCH3 is 1. The predicted molar refractivity (Wildman–Crippen MR) is 74.8 cm³/mol. The Kier molecular flexibility index (Phi) is 4.15. The van der Waals surface area contributed by atoms with Crippen LogP contribution in [0.3, 0.4) is 0 Å². The molecule has 0 radical (unpaired) electrons. The van der Waals surface area contributed by atoms with Gasteiger partial charge < -0.3 is 10.1 Å². The molecule has 0 saturated heterocycles. The molecule has 1 N–H and O–H groups in total. The molecule has 1 unspecified atom stereocenters. The molecule has 1 heterocycles. The first-order chi connectivity index (χ1) is 8.69. The van der Waals surface area contributed by atoms with Gasteiger partial charge in [-0.1, -0.05) is 28.1 Å². The monoisotopic (exact) mass is 307 g/mol. The van der Waals surface area contributed by atoms with Gasteiger partial charge in [0, 0.05) is 16.7 Å². The Balaban J connectivity index is 2.10. The first-order valence-electron chi connectivity index (χ1n) is 5.58. The van der Waals surface area contributed by atoms with Crippen LogP contribution in [0, 0.1) is 0 Å². The third-order valence-electron chi connectivity index (χ3n) is 2.55. The van der Waals surface area contributed by atoms with Crippen molar-refractivity contribution in [2.75, 3.05) is 12.4 Å². The first-order valence-corrected chi connectivity index (χ1v) is 6.37. The lowest BCUT2D eigenvalue weighted by molar-refractivity contribution is 0.397. The quantitative estimate of drug-likeness (QED) is 0.940. The maximum atomic E-state index is 5.06. The number of aromatic nitrogens is 2. The van der Waals surface area contributed by atoms with Crippen LogP contribution in [0.4, 0.5) is 5.95 Å². The molecule has 0 aliphatic carbocycles. The van der Waals surface area contributed by atoms with Crippen molar-refractivity contribution >= 4 is 21.9 Å². The maximum Gasteiger partial charge on any atom is 0.226 e. The zero-order valence-corrected chi connectivity index (χ0v) is 11.8. The minimum absolute atomic E-state index is 0.130. The molecule has 18 heavy (non-hydrogen) atoms. The number of hydrogen-bond acceptors (Lipinski definition) is 4. The standard InChI is InChI=1S/C13H14BrN3O/c1-9(10-3-5-11(14)6-4-10)16-13-15-8-7-12(17-13)18-2/h3-9H,1-2H3,(H,15,16,17). The van der Waals surface area contributed by atoms with Gasteiger partial charge in [0.05, 0.1) is 13.2 Å². The van der Waals surface area contributed by atoms with E-state index in [9.17, 15) is 0 Å². The van der Waals surface area contributed by atoms with E-state index in [4.69, 9.17) is 4.74 Å². The average molecular weight is 308 g/mol. The Bertz CT molecular complexity index is 516. The van der Waals surface area contributed by atoms with E-state index in [-0.39, 0.29) is 6.04 Å². The molecular weight excluding hydrogens is 294 g/mol. The summed E-state index contributed by atoms with van der Waals surface area (Å²) < 4.78 is 6.13. The molecule has 4 nitrogen and oxygen atoms in total. The molecule has 0 fully saturated rings. The van der Waals surface area contributed by atoms with Crippen LogP contribution in [0.1, 0.15) is 18.5 Å². The van der Waals surface area contributed by atoms with Crippen molar-refractivity contribution < 1.29 is 4.74 Å². The maximum absolute atomic E-state index is 5.06. The van der Waals surface area contributed by atoms with E-state index in [1.165, 1.54) is 5.56 Å². The molecular formula is C13H14BrN3O. The van der Waals surface area contributed by atoms with E-state index < -0.39 is 0 Å². The molecule has 5 heteroatoms. The van der Waals surface area contributed by atoms with Crippen LogP contribution >= 0.6 is 15.9 Å². The third-order valence-corrected chi connectivity index (χ3v) is 3.08. The highest BCUT2D eigenvalue weighted by Gasteiger charge is 2.07. The Morgan fingerprint density at radius 1 is 1.22 bits per heavy atom. The summed E-state index contributed by atoms with van der Waals surface area (Å²) in [4.78, 5) is 8.38. The van der Waals surface area contributed by atoms with Crippen LogP contribution in [0.2, 0.25) is 0 Å². The predicted octanol–water partition coefficient (Wildman–Crippen LogP) is 3.42. The third kappa shape index (κ3) is 3.20. The van der Waals surface area contributed by atoms with Gasteiger partial charge in [-0.3, -0.25) is 0 Å². The summed E-state index contributed by atoms with van der Waals surface area (Å²) in [5.41, 5.74) is 1.17. The Morgan fingerprint density at radius 2 is 1.94 bits per heavy atom. The molecule has 0 amide bonds. The summed E-state index contributed by atoms with van der Waals surface area (Å²) in [7, 11) is 1.59. The summed E-state index contributed by atoms with van der Waals surface area (Å²) in [5, 5.41) is 3.23. The van der Waals surface area contributed by atoms with Crippen molar-refractivity contribution in [3.8, 4) is 5.88 Å². The number of rotatable bonds is 4. The van der Waals surface area contributed by atoms with Gasteiger partial charge in [-0.25, -0.2) is 4.98 Å². The van der Waals surface area contributed by atoms with Crippen molar-refractivity contribution in [1.82, 2.24) is 9.97 Å². The van der Waals surface area contributed by atoms with Crippen LogP contribution < -0.4 is 10.1 Å². The van der Waals surface area contributed by atoms with E-state index in [2.05, 4.69) is 50.3 Å². The van der Waals surface area contributed by atoms with Gasteiger partial charge in [-0.2, -0.15) is 4.98 Å². The lowest BCUT2D eigenvalue weighted by atomic mass is 10.1. The highest BCUT2D eigenvalue weighted by Crippen LogP contribution is 2.20. The number of ether oxygens (including phenoxy) is 1. The van der Waals surface area contributed by atoms with Gasteiger partial charge in [-0.05, 0) is 24.6 Å². The Labute approximate surface area is 115 Å². The van der Waals surface area contributed by atoms with Gasteiger partial charge in [0.15, 0.2) is 0 Å². The zero-order valence-electron chi connectivity index (χ0n) is 10.2. The van der Waals surface area contributed by atoms with Crippen LogP contribution in [0.25, 0.3) is 0 Å². The van der Waals surface area contributed by atoms with Gasteiger partial charge in [0.25, 0.3) is 0 Å². The van der Waals surface area contributed by atoms with E-state index >= 15 is 0 Å². The van der Waals surface area contributed by atoms with Crippen molar-refractivity contribution in [2.24, 2.45) is 0 Å². The van der Waals surface area contributed by atoms with Crippen LogP contribution in [0.15, 0.2) is 41.0 Å². The molecule has 0 aliphatic rings. The molecule has 0 aliphatic heterocycles. The van der Waals surface area contributed by atoms with Crippen molar-refractivity contribution in [1.29, 1.82) is 0 Å². The topological polar surface area (TPSA) is 47.0 Å².